The third-order valence-electron chi connectivity index (χ3n) is 7.65. The number of benzene rings is 1. The molecule has 8 nitrogen and oxygen atoms in total. The van der Waals surface area contributed by atoms with Crippen molar-refractivity contribution in [1.82, 2.24) is 20.1 Å². The summed E-state index contributed by atoms with van der Waals surface area (Å²) in [7, 11) is 1.73. The van der Waals surface area contributed by atoms with Crippen LogP contribution in [0, 0.1) is 0 Å². The topological polar surface area (TPSA) is 84.0 Å². The van der Waals surface area contributed by atoms with Gasteiger partial charge in [-0.3, -0.25) is 9.59 Å². The standard InChI is InChI=1S/C28H33F3N4O4/c1-34-15-23-21(3-2-4-22(23)27(34)37)26(36)32-19-6-7-20(38-16-19)10-13-35-12-9-18-5-8-25(33-24(18)11-14-35)39-17-28(29,30)31/h2-5,8,19-20H,6-7,9-17H2,1H3,(H,32,36)/t19-,20+/m0/s1. The third kappa shape index (κ3) is 6.70. The van der Waals surface area contributed by atoms with Gasteiger partial charge in [0.25, 0.3) is 11.8 Å². The first-order valence-electron chi connectivity index (χ1n) is 13.4. The van der Waals surface area contributed by atoms with Gasteiger partial charge in [-0.15, -0.1) is 0 Å². The maximum Gasteiger partial charge on any atom is 0.422 e. The van der Waals surface area contributed by atoms with E-state index in [4.69, 9.17) is 9.47 Å². The van der Waals surface area contributed by atoms with Gasteiger partial charge in [-0.25, -0.2) is 4.98 Å². The van der Waals surface area contributed by atoms with Crippen LogP contribution in [0.1, 0.15) is 56.8 Å². The molecule has 2 atom stereocenters. The van der Waals surface area contributed by atoms with Gasteiger partial charge >= 0.3 is 6.18 Å². The van der Waals surface area contributed by atoms with Crippen LogP contribution in [0.15, 0.2) is 30.3 Å². The number of fused-ring (bicyclic) bond motifs is 2. The zero-order valence-electron chi connectivity index (χ0n) is 21.9. The quantitative estimate of drug-likeness (QED) is 0.574. The predicted molar refractivity (Wildman–Crippen MR) is 137 cm³/mol. The third-order valence-corrected chi connectivity index (χ3v) is 7.65. The summed E-state index contributed by atoms with van der Waals surface area (Å²) in [6.45, 7) is 2.01. The summed E-state index contributed by atoms with van der Waals surface area (Å²) in [5, 5.41) is 3.08. The van der Waals surface area contributed by atoms with Gasteiger partial charge in [-0.2, -0.15) is 13.2 Å². The fourth-order valence-corrected chi connectivity index (χ4v) is 5.49. The Morgan fingerprint density at radius 1 is 1.18 bits per heavy atom. The summed E-state index contributed by atoms with van der Waals surface area (Å²) >= 11 is 0. The first-order valence-corrected chi connectivity index (χ1v) is 13.4. The van der Waals surface area contributed by atoms with E-state index in [1.165, 1.54) is 6.07 Å². The molecule has 2 aromatic rings. The van der Waals surface area contributed by atoms with Crippen molar-refractivity contribution in [2.45, 2.75) is 57.0 Å². The summed E-state index contributed by atoms with van der Waals surface area (Å²) < 4.78 is 48.2. The van der Waals surface area contributed by atoms with Crippen molar-refractivity contribution in [3.8, 4) is 5.88 Å². The van der Waals surface area contributed by atoms with Gasteiger partial charge in [-0.05, 0) is 48.9 Å². The smallest absolute Gasteiger partial charge is 0.422 e. The number of alkyl halides is 3. The minimum Gasteiger partial charge on any atom is -0.468 e. The molecule has 1 fully saturated rings. The molecule has 11 heteroatoms. The van der Waals surface area contributed by atoms with E-state index < -0.39 is 12.8 Å². The van der Waals surface area contributed by atoms with Crippen LogP contribution in [0.4, 0.5) is 13.2 Å². The molecule has 210 valence electrons. The number of aromatic nitrogens is 1. The Balaban J connectivity index is 1.05. The molecule has 3 aliphatic rings. The number of nitrogens with zero attached hydrogens (tertiary/aromatic N) is 3. The Labute approximate surface area is 225 Å². The van der Waals surface area contributed by atoms with Gasteiger partial charge in [0.1, 0.15) is 0 Å². The lowest BCUT2D eigenvalue weighted by Crippen LogP contribution is -2.43. The first-order chi connectivity index (χ1) is 18.7. The zero-order valence-corrected chi connectivity index (χ0v) is 21.9. The van der Waals surface area contributed by atoms with Gasteiger partial charge in [0.2, 0.25) is 5.88 Å². The highest BCUT2D eigenvalue weighted by Crippen LogP contribution is 2.26. The molecule has 0 bridgehead atoms. The Bertz CT molecular complexity index is 1210. The minimum absolute atomic E-state index is 0.00857. The second-order valence-corrected chi connectivity index (χ2v) is 10.5. The van der Waals surface area contributed by atoms with Crippen LogP contribution < -0.4 is 10.1 Å². The lowest BCUT2D eigenvalue weighted by atomic mass is 10.00. The van der Waals surface area contributed by atoms with Crippen molar-refractivity contribution < 1.29 is 32.2 Å². The Kier molecular flexibility index (Phi) is 8.08. The van der Waals surface area contributed by atoms with E-state index in [1.807, 2.05) is 6.07 Å². The minimum atomic E-state index is -4.39. The normalized spacial score (nSPS) is 21.7. The fraction of sp³-hybridized carbons (Fsp3) is 0.536. The van der Waals surface area contributed by atoms with Crippen molar-refractivity contribution in [1.29, 1.82) is 0 Å². The van der Waals surface area contributed by atoms with E-state index in [9.17, 15) is 22.8 Å². The lowest BCUT2D eigenvalue weighted by molar-refractivity contribution is -0.154. The highest BCUT2D eigenvalue weighted by molar-refractivity contribution is 6.04. The zero-order chi connectivity index (χ0) is 27.6. The second kappa shape index (κ2) is 11.5. The molecular formula is C28H33F3N4O4. The summed E-state index contributed by atoms with van der Waals surface area (Å²) in [5.74, 6) is -0.228. The van der Waals surface area contributed by atoms with E-state index in [0.717, 1.165) is 62.1 Å². The number of carbonyl (C=O) groups is 2. The van der Waals surface area contributed by atoms with Gasteiger partial charge in [0.05, 0.1) is 18.8 Å². The van der Waals surface area contributed by atoms with E-state index >= 15 is 0 Å². The fourth-order valence-electron chi connectivity index (χ4n) is 5.49. The van der Waals surface area contributed by atoms with Crippen molar-refractivity contribution in [3.63, 3.8) is 0 Å². The van der Waals surface area contributed by atoms with Crippen LogP contribution in [0.3, 0.4) is 0 Å². The number of ether oxygens (including phenoxy) is 2. The van der Waals surface area contributed by atoms with Gasteiger partial charge in [0, 0.05) is 62.5 Å². The number of halogens is 3. The molecule has 3 aliphatic heterocycles. The first kappa shape index (κ1) is 27.4. The summed E-state index contributed by atoms with van der Waals surface area (Å²) in [6.07, 6.45) is -0.315. The number of hydrogen-bond donors (Lipinski definition) is 1. The molecule has 0 radical (unpaired) electrons. The SMILES string of the molecule is CN1Cc2c(C(=O)N[C@H]3CC[C@H](CCN4CCc5ccc(OCC(F)(F)F)nc5CC4)OC3)cccc2C1=O. The molecule has 0 spiro atoms. The average molecular weight is 547 g/mol. The van der Waals surface area contributed by atoms with Crippen molar-refractivity contribution in [2.24, 2.45) is 0 Å². The Morgan fingerprint density at radius 2 is 2.00 bits per heavy atom. The molecule has 2 amide bonds. The van der Waals surface area contributed by atoms with E-state index in [2.05, 4.69) is 15.2 Å². The summed E-state index contributed by atoms with van der Waals surface area (Å²) in [6, 6.07) is 8.52. The number of nitrogens with one attached hydrogen (secondary N) is 1. The maximum atomic E-state index is 13.0. The summed E-state index contributed by atoms with van der Waals surface area (Å²) in [5.41, 5.74) is 3.75. The van der Waals surface area contributed by atoms with E-state index in [0.29, 0.717) is 30.7 Å². The number of carbonyl (C=O) groups excluding carboxylic acids is 2. The molecule has 39 heavy (non-hydrogen) atoms. The monoisotopic (exact) mass is 546 g/mol. The number of pyridine rings is 1. The highest BCUT2D eigenvalue weighted by Gasteiger charge is 2.31. The van der Waals surface area contributed by atoms with Crippen LogP contribution in [0.25, 0.3) is 0 Å². The van der Waals surface area contributed by atoms with Crippen LogP contribution >= 0.6 is 0 Å². The second-order valence-electron chi connectivity index (χ2n) is 10.5. The predicted octanol–water partition coefficient (Wildman–Crippen LogP) is 3.38. The van der Waals surface area contributed by atoms with Crippen LogP contribution in [0.2, 0.25) is 0 Å². The molecule has 5 rings (SSSR count). The summed E-state index contributed by atoms with van der Waals surface area (Å²) in [4.78, 5) is 33.5. The Morgan fingerprint density at radius 3 is 2.77 bits per heavy atom. The molecule has 1 N–H and O–H groups in total. The van der Waals surface area contributed by atoms with Gasteiger partial charge in [0.15, 0.2) is 6.61 Å². The highest BCUT2D eigenvalue weighted by atomic mass is 19.4. The van der Waals surface area contributed by atoms with Crippen LogP contribution in [-0.2, 0) is 24.1 Å². The lowest BCUT2D eigenvalue weighted by Gasteiger charge is -2.31. The Hall–Kier alpha value is -3.18. The van der Waals surface area contributed by atoms with E-state index in [1.54, 1.807) is 30.1 Å². The van der Waals surface area contributed by atoms with E-state index in [-0.39, 0.29) is 29.8 Å². The number of hydrogen-bond acceptors (Lipinski definition) is 6. The molecule has 1 saturated heterocycles. The van der Waals surface area contributed by atoms with Crippen molar-refractivity contribution in [3.05, 3.63) is 58.3 Å². The molecule has 0 aliphatic carbocycles. The van der Waals surface area contributed by atoms with Crippen molar-refractivity contribution in [2.75, 3.05) is 39.9 Å². The molecular weight excluding hydrogens is 513 g/mol. The number of rotatable bonds is 7. The van der Waals surface area contributed by atoms with Crippen molar-refractivity contribution >= 4 is 11.8 Å². The maximum absolute atomic E-state index is 13.0. The average Bonchev–Trinajstić information content (AvgIpc) is 3.07. The number of amides is 2. The van der Waals surface area contributed by atoms with Crippen LogP contribution in [0.5, 0.6) is 5.88 Å². The molecule has 0 saturated carbocycles. The molecule has 1 aromatic carbocycles. The largest absolute Gasteiger partial charge is 0.468 e. The van der Waals surface area contributed by atoms with Gasteiger partial charge < -0.3 is 24.6 Å². The van der Waals surface area contributed by atoms with Crippen LogP contribution in [-0.4, -0.2) is 84.8 Å². The molecule has 4 heterocycles. The molecule has 0 unspecified atom stereocenters. The van der Waals surface area contributed by atoms with Gasteiger partial charge in [-0.1, -0.05) is 12.1 Å². The molecule has 1 aromatic heterocycles.